The Kier molecular flexibility index (Phi) is 7.15. The second kappa shape index (κ2) is 8.99. The van der Waals surface area contributed by atoms with Crippen molar-refractivity contribution >= 4 is 15.1 Å². The van der Waals surface area contributed by atoms with Crippen molar-refractivity contribution < 1.29 is 27.5 Å². The smallest absolute Gasteiger partial charge is 0.414 e. The zero-order valence-corrected chi connectivity index (χ0v) is 17.4. The third-order valence-electron chi connectivity index (χ3n) is 3.96. The molecule has 1 amide bonds. The molecule has 2 rings (SSSR count). The van der Waals surface area contributed by atoms with Crippen LogP contribution in [0.1, 0.15) is 52.0 Å². The number of alkyl halides is 2. The van der Waals surface area contributed by atoms with E-state index in [0.29, 0.717) is 12.6 Å². The van der Waals surface area contributed by atoms with Crippen LogP contribution in [0.4, 0.5) is 13.6 Å². The summed E-state index contributed by atoms with van der Waals surface area (Å²) < 4.78 is 42.9. The monoisotopic (exact) mass is 417 g/mol. The van der Waals surface area contributed by atoms with E-state index in [2.05, 4.69) is 16.8 Å². The number of halogens is 2. The van der Waals surface area contributed by atoms with Gasteiger partial charge in [0.25, 0.3) is 5.92 Å². The van der Waals surface area contributed by atoms with Crippen LogP contribution in [0.2, 0.25) is 6.04 Å². The average Bonchev–Trinajstić information content (AvgIpc) is 3.01. The quantitative estimate of drug-likeness (QED) is 0.536. The minimum atomic E-state index is -2.90. The zero-order valence-electron chi connectivity index (χ0n) is 16.4. The first kappa shape index (κ1) is 22.3. The summed E-state index contributed by atoms with van der Waals surface area (Å²) >= 11 is 0. The highest BCUT2D eigenvalue weighted by molar-refractivity contribution is 6.55. The summed E-state index contributed by atoms with van der Waals surface area (Å²) in [5.41, 5.74) is -0.652. The minimum absolute atomic E-state index is 0.174. The molecule has 157 valence electrons. The van der Waals surface area contributed by atoms with Gasteiger partial charge in [0.15, 0.2) is 8.96 Å². The van der Waals surface area contributed by atoms with Crippen molar-refractivity contribution in [2.24, 2.45) is 5.40 Å². The summed E-state index contributed by atoms with van der Waals surface area (Å²) in [7, 11) is -1.20. The third-order valence-corrected chi connectivity index (χ3v) is 5.64. The van der Waals surface area contributed by atoms with Gasteiger partial charge in [-0.05, 0) is 33.2 Å². The summed E-state index contributed by atoms with van der Waals surface area (Å²) in [6.45, 7) is 8.36. The van der Waals surface area contributed by atoms with Crippen molar-refractivity contribution in [2.45, 2.75) is 63.6 Å². The van der Waals surface area contributed by atoms with Gasteiger partial charge in [-0.1, -0.05) is 11.2 Å². The van der Waals surface area contributed by atoms with Gasteiger partial charge >= 0.3 is 12.2 Å². The molecule has 1 atom stereocenters. The fourth-order valence-electron chi connectivity index (χ4n) is 2.67. The molecule has 1 radical (unpaired) electrons. The van der Waals surface area contributed by atoms with Crippen molar-refractivity contribution in [3.8, 4) is 6.08 Å². The summed E-state index contributed by atoms with van der Waals surface area (Å²) in [6, 6.07) is 0.278. The molecule has 11 heteroatoms. The maximum absolute atomic E-state index is 13.4. The summed E-state index contributed by atoms with van der Waals surface area (Å²) in [5.74, 6) is -2.73. The van der Waals surface area contributed by atoms with Crippen LogP contribution in [0.15, 0.2) is 17.1 Å². The number of carbonyl (C=O) groups excluding carboxylic acids is 1. The Balaban J connectivity index is 2.02. The maximum Gasteiger partial charge on any atom is 0.414 e. The number of rotatable bonds is 7. The van der Waals surface area contributed by atoms with Gasteiger partial charge < -0.3 is 19.3 Å². The van der Waals surface area contributed by atoms with Gasteiger partial charge in [0.05, 0.1) is 6.61 Å². The molecule has 0 unspecified atom stereocenters. The highest BCUT2D eigenvalue weighted by Crippen LogP contribution is 2.32. The van der Waals surface area contributed by atoms with Gasteiger partial charge in [-0.2, -0.15) is 0 Å². The van der Waals surface area contributed by atoms with Gasteiger partial charge in [-0.25, -0.2) is 13.6 Å². The fraction of sp³-hybridized carbons (Fsp3) is 0.706. The van der Waals surface area contributed by atoms with Gasteiger partial charge in [-0.15, -0.1) is 11.7 Å². The lowest BCUT2D eigenvalue weighted by molar-refractivity contribution is -0.0182. The van der Waals surface area contributed by atoms with Crippen LogP contribution in [-0.2, 0) is 4.74 Å². The molecule has 1 aromatic heterocycles. The van der Waals surface area contributed by atoms with Gasteiger partial charge in [0.1, 0.15) is 11.6 Å². The summed E-state index contributed by atoms with van der Waals surface area (Å²) in [4.78, 5) is 14.0. The standard InChI is InChI=1S/C17H27F2N4O4Si/c1-5-7-17(18,19)8-9-25-14-22-21-13(26-14)12-6-10-28(20)11-23(12)15(24)27-16(2,3)4/h5,12H,1,6-11,20H2,2-4H3/t12-/m1/s1. The summed E-state index contributed by atoms with van der Waals surface area (Å²) in [5, 5.41) is 13.7. The topological polar surface area (TPSA) is 104 Å². The molecule has 1 fully saturated rings. The Hall–Kier alpha value is -2.01. The van der Waals surface area contributed by atoms with E-state index in [1.54, 1.807) is 20.8 Å². The van der Waals surface area contributed by atoms with Crippen molar-refractivity contribution in [3.63, 3.8) is 0 Å². The van der Waals surface area contributed by atoms with Crippen LogP contribution in [0, 0.1) is 0 Å². The van der Waals surface area contributed by atoms with Crippen LogP contribution in [0.5, 0.6) is 6.08 Å². The molecule has 2 heterocycles. The molecule has 1 aromatic rings. The normalized spacial score (nSPS) is 18.8. The number of nitrogens with zero attached hydrogens (tertiary/aromatic N) is 3. The SMILES string of the molecule is C=CCC(F)(F)CCOc1nnc([C@H]2CC[Si](N)CN2C(=O)OC(C)(C)C)o1. The first-order valence-electron chi connectivity index (χ1n) is 9.05. The van der Waals surface area contributed by atoms with Crippen LogP contribution < -0.4 is 10.1 Å². The van der Waals surface area contributed by atoms with E-state index in [-0.39, 0.29) is 18.6 Å². The molecule has 0 bridgehead atoms. The molecule has 28 heavy (non-hydrogen) atoms. The van der Waals surface area contributed by atoms with Crippen molar-refractivity contribution in [3.05, 3.63) is 18.5 Å². The minimum Gasteiger partial charge on any atom is -0.449 e. The highest BCUT2D eigenvalue weighted by Gasteiger charge is 2.38. The molecule has 2 N–H and O–H groups in total. The number of nitrogens with two attached hydrogens (primary N) is 1. The van der Waals surface area contributed by atoms with Crippen molar-refractivity contribution in [1.29, 1.82) is 0 Å². The second-order valence-electron chi connectivity index (χ2n) is 7.67. The highest BCUT2D eigenvalue weighted by atomic mass is 28.3. The molecule has 1 aliphatic heterocycles. The largest absolute Gasteiger partial charge is 0.449 e. The third kappa shape index (κ3) is 6.55. The van der Waals surface area contributed by atoms with Crippen molar-refractivity contribution in [2.75, 3.05) is 12.8 Å². The molecule has 0 saturated carbocycles. The first-order valence-corrected chi connectivity index (χ1v) is 11.0. The van der Waals surface area contributed by atoms with Crippen LogP contribution in [-0.4, -0.2) is 54.4 Å². The zero-order chi connectivity index (χ0) is 20.9. The van der Waals surface area contributed by atoms with Crippen LogP contribution in [0.3, 0.4) is 0 Å². The van der Waals surface area contributed by atoms with E-state index in [1.807, 2.05) is 0 Å². The maximum atomic E-state index is 13.4. The second-order valence-corrected chi connectivity index (χ2v) is 9.81. The lowest BCUT2D eigenvalue weighted by Gasteiger charge is -2.36. The molecule has 0 aliphatic carbocycles. The van der Waals surface area contributed by atoms with E-state index in [4.69, 9.17) is 19.3 Å². The van der Waals surface area contributed by atoms with Gasteiger partial charge in [-0.3, -0.25) is 4.90 Å². The number of amides is 1. The number of allylic oxidation sites excluding steroid dienone is 1. The van der Waals surface area contributed by atoms with E-state index >= 15 is 0 Å². The number of aromatic nitrogens is 2. The van der Waals surface area contributed by atoms with Gasteiger partial charge in [0.2, 0.25) is 5.89 Å². The van der Waals surface area contributed by atoms with Crippen LogP contribution in [0.25, 0.3) is 0 Å². The Morgan fingerprint density at radius 1 is 1.46 bits per heavy atom. The molecule has 0 aromatic carbocycles. The molecule has 0 spiro atoms. The Morgan fingerprint density at radius 2 is 2.18 bits per heavy atom. The molecular weight excluding hydrogens is 390 g/mol. The number of hydrogen-bond acceptors (Lipinski definition) is 7. The van der Waals surface area contributed by atoms with E-state index in [0.717, 1.165) is 12.1 Å². The molecule has 1 aliphatic rings. The predicted molar refractivity (Wildman–Crippen MR) is 99.2 cm³/mol. The first-order chi connectivity index (χ1) is 13.0. The predicted octanol–water partition coefficient (Wildman–Crippen LogP) is 3.22. The van der Waals surface area contributed by atoms with Gasteiger partial charge in [0, 0.05) is 19.0 Å². The number of ether oxygens (including phenoxy) is 2. The number of carbonyl (C=O) groups is 1. The number of hydrogen-bond donors (Lipinski definition) is 1. The molecular formula is C17H27F2N4O4Si. The van der Waals surface area contributed by atoms with Crippen LogP contribution >= 0.6 is 0 Å². The van der Waals surface area contributed by atoms with Crippen molar-refractivity contribution in [1.82, 2.24) is 15.1 Å². The van der Waals surface area contributed by atoms with E-state index in [1.165, 1.54) is 4.90 Å². The Labute approximate surface area is 164 Å². The summed E-state index contributed by atoms with van der Waals surface area (Å²) in [6.07, 6.45) is 0.462. The van der Waals surface area contributed by atoms with E-state index < -0.39 is 45.5 Å². The average molecular weight is 418 g/mol. The Bertz CT molecular complexity index is 680. The lowest BCUT2D eigenvalue weighted by Crippen LogP contribution is -2.51. The molecule has 1 saturated heterocycles. The fourth-order valence-corrected chi connectivity index (χ4v) is 4.26. The molecule has 8 nitrogen and oxygen atoms in total. The Morgan fingerprint density at radius 3 is 2.82 bits per heavy atom. The van der Waals surface area contributed by atoms with E-state index in [9.17, 15) is 13.6 Å². The lowest BCUT2D eigenvalue weighted by atomic mass is 10.2.